The molecule has 32 heavy (non-hydrogen) atoms. The monoisotopic (exact) mass is 497 g/mol. The van der Waals surface area contributed by atoms with E-state index >= 15 is 0 Å². The summed E-state index contributed by atoms with van der Waals surface area (Å²) in [5, 5.41) is 6.83. The van der Waals surface area contributed by atoms with Gasteiger partial charge in [0.2, 0.25) is 5.91 Å². The number of hydrazine groups is 1. The summed E-state index contributed by atoms with van der Waals surface area (Å²) in [7, 11) is 0. The highest BCUT2D eigenvalue weighted by Crippen LogP contribution is 2.20. The normalized spacial score (nSPS) is 14.2. The van der Waals surface area contributed by atoms with Crippen molar-refractivity contribution in [3.05, 3.63) is 74.6 Å². The fourth-order valence-electron chi connectivity index (χ4n) is 3.69. The molecule has 0 spiro atoms. The summed E-state index contributed by atoms with van der Waals surface area (Å²) in [5.41, 5.74) is 5.01. The third-order valence-corrected chi connectivity index (χ3v) is 5.98. The van der Waals surface area contributed by atoms with Crippen LogP contribution in [0.15, 0.2) is 57.8 Å². The van der Waals surface area contributed by atoms with Crippen LogP contribution in [-0.2, 0) is 4.79 Å². The van der Waals surface area contributed by atoms with Crippen molar-refractivity contribution < 1.29 is 14.4 Å². The van der Waals surface area contributed by atoms with E-state index in [0.29, 0.717) is 42.3 Å². The van der Waals surface area contributed by atoms with E-state index in [4.69, 9.17) is 0 Å². The van der Waals surface area contributed by atoms with E-state index in [-0.39, 0.29) is 23.4 Å². The number of fused-ring (bicyclic) bond motifs is 1. The zero-order chi connectivity index (χ0) is 22.7. The largest absolute Gasteiger partial charge is 0.339 e. The zero-order valence-electron chi connectivity index (χ0n) is 16.9. The van der Waals surface area contributed by atoms with Gasteiger partial charge in [-0.1, -0.05) is 34.1 Å². The van der Waals surface area contributed by atoms with Crippen LogP contribution in [0.3, 0.4) is 0 Å². The molecule has 2 heterocycles. The molecule has 0 radical (unpaired) electrons. The number of halogens is 1. The van der Waals surface area contributed by atoms with E-state index < -0.39 is 11.5 Å². The van der Waals surface area contributed by atoms with Crippen molar-refractivity contribution in [2.45, 2.75) is 12.8 Å². The van der Waals surface area contributed by atoms with Crippen molar-refractivity contribution in [1.82, 2.24) is 25.9 Å². The maximum absolute atomic E-state index is 12.6. The molecule has 1 aromatic heterocycles. The average Bonchev–Trinajstić information content (AvgIpc) is 2.83. The van der Waals surface area contributed by atoms with Gasteiger partial charge in [0.15, 0.2) is 5.69 Å². The average molecular weight is 498 g/mol. The number of likely N-dealkylation sites (tertiary alicyclic amines) is 1. The van der Waals surface area contributed by atoms with Crippen LogP contribution in [0.1, 0.15) is 33.7 Å². The second-order valence-corrected chi connectivity index (χ2v) is 8.38. The number of hydrogen-bond donors (Lipinski definition) is 3. The molecule has 3 N–H and O–H groups in total. The molecule has 0 bridgehead atoms. The molecule has 1 fully saturated rings. The van der Waals surface area contributed by atoms with Gasteiger partial charge < -0.3 is 4.90 Å². The summed E-state index contributed by atoms with van der Waals surface area (Å²) in [6, 6.07) is 13.7. The van der Waals surface area contributed by atoms with Crippen LogP contribution in [0, 0.1) is 5.92 Å². The van der Waals surface area contributed by atoms with Gasteiger partial charge in [0.1, 0.15) is 0 Å². The fraction of sp³-hybridized carbons (Fsp3) is 0.227. The molecule has 164 valence electrons. The van der Waals surface area contributed by atoms with E-state index in [1.807, 2.05) is 12.1 Å². The van der Waals surface area contributed by atoms with E-state index in [0.717, 1.165) is 4.47 Å². The molecule has 10 heteroatoms. The SMILES string of the molecule is O=C(NNC(=O)C1CCN(C(=O)c2ccc(Br)cc2)CC1)c1n[nH]c(=O)c2ccccc12. The first kappa shape index (κ1) is 21.7. The molecule has 0 aliphatic carbocycles. The first-order valence-electron chi connectivity index (χ1n) is 10.1. The van der Waals surface area contributed by atoms with Gasteiger partial charge in [0, 0.05) is 34.4 Å². The molecule has 0 unspecified atom stereocenters. The third kappa shape index (κ3) is 4.54. The van der Waals surface area contributed by atoms with E-state index in [1.165, 1.54) is 0 Å². The number of aromatic nitrogens is 2. The lowest BCUT2D eigenvalue weighted by molar-refractivity contribution is -0.127. The predicted molar refractivity (Wildman–Crippen MR) is 121 cm³/mol. The second kappa shape index (κ2) is 9.31. The summed E-state index contributed by atoms with van der Waals surface area (Å²) in [6.45, 7) is 0.903. The fourth-order valence-corrected chi connectivity index (χ4v) is 3.95. The van der Waals surface area contributed by atoms with Gasteiger partial charge in [-0.2, -0.15) is 5.10 Å². The van der Waals surface area contributed by atoms with E-state index in [2.05, 4.69) is 37.0 Å². The summed E-state index contributed by atoms with van der Waals surface area (Å²) in [4.78, 5) is 51.2. The number of amides is 3. The van der Waals surface area contributed by atoms with Gasteiger partial charge in [-0.25, -0.2) is 5.10 Å². The number of H-pyrrole nitrogens is 1. The van der Waals surface area contributed by atoms with Gasteiger partial charge in [-0.3, -0.25) is 30.0 Å². The van der Waals surface area contributed by atoms with Crippen molar-refractivity contribution in [3.63, 3.8) is 0 Å². The Kier molecular flexibility index (Phi) is 6.31. The minimum Gasteiger partial charge on any atom is -0.339 e. The molecule has 4 rings (SSSR count). The smallest absolute Gasteiger partial charge is 0.290 e. The topological polar surface area (TPSA) is 124 Å². The zero-order valence-corrected chi connectivity index (χ0v) is 18.5. The van der Waals surface area contributed by atoms with Crippen molar-refractivity contribution in [2.24, 2.45) is 5.92 Å². The Morgan fingerprint density at radius 3 is 2.31 bits per heavy atom. The van der Waals surface area contributed by atoms with Crippen molar-refractivity contribution in [1.29, 1.82) is 0 Å². The van der Waals surface area contributed by atoms with Crippen LogP contribution in [0.5, 0.6) is 0 Å². The molecule has 3 amide bonds. The van der Waals surface area contributed by atoms with Crippen molar-refractivity contribution >= 4 is 44.4 Å². The number of hydrogen-bond acceptors (Lipinski definition) is 5. The Bertz CT molecular complexity index is 1230. The minimum atomic E-state index is -0.631. The number of rotatable bonds is 3. The van der Waals surface area contributed by atoms with Gasteiger partial charge in [-0.05, 0) is 43.2 Å². The number of nitrogens with zero attached hydrogens (tertiary/aromatic N) is 2. The minimum absolute atomic E-state index is 0.00964. The molecule has 1 aliphatic rings. The number of benzene rings is 2. The maximum Gasteiger partial charge on any atom is 0.290 e. The number of piperidine rings is 1. The van der Waals surface area contributed by atoms with Gasteiger partial charge in [-0.15, -0.1) is 0 Å². The summed E-state index contributed by atoms with van der Waals surface area (Å²) < 4.78 is 0.900. The third-order valence-electron chi connectivity index (χ3n) is 5.45. The van der Waals surface area contributed by atoms with Crippen molar-refractivity contribution in [3.8, 4) is 0 Å². The Labute approximate surface area is 191 Å². The lowest BCUT2D eigenvalue weighted by Crippen LogP contribution is -2.48. The van der Waals surface area contributed by atoms with E-state index in [1.54, 1.807) is 41.3 Å². The molecule has 3 aromatic rings. The molecular weight excluding hydrogens is 478 g/mol. The highest BCUT2D eigenvalue weighted by Gasteiger charge is 2.28. The second-order valence-electron chi connectivity index (χ2n) is 7.46. The van der Waals surface area contributed by atoms with Crippen LogP contribution in [0.2, 0.25) is 0 Å². The molecular formula is C22H20BrN5O4. The highest BCUT2D eigenvalue weighted by atomic mass is 79.9. The lowest BCUT2D eigenvalue weighted by Gasteiger charge is -2.31. The number of carbonyl (C=O) groups excluding carboxylic acids is 3. The number of carbonyl (C=O) groups is 3. The predicted octanol–water partition coefficient (Wildman–Crippen LogP) is 2.00. The summed E-state index contributed by atoms with van der Waals surface area (Å²) >= 11 is 3.35. The highest BCUT2D eigenvalue weighted by molar-refractivity contribution is 9.10. The van der Waals surface area contributed by atoms with Crippen LogP contribution in [-0.4, -0.2) is 45.9 Å². The Hall–Kier alpha value is -3.53. The van der Waals surface area contributed by atoms with Crippen LogP contribution >= 0.6 is 15.9 Å². The first-order chi connectivity index (χ1) is 15.4. The van der Waals surface area contributed by atoms with Crippen LogP contribution < -0.4 is 16.4 Å². The maximum atomic E-state index is 12.6. The number of nitrogens with one attached hydrogen (secondary N) is 3. The molecule has 1 aliphatic heterocycles. The lowest BCUT2D eigenvalue weighted by atomic mass is 9.95. The Morgan fingerprint density at radius 2 is 1.62 bits per heavy atom. The first-order valence-corrected chi connectivity index (χ1v) is 10.9. The van der Waals surface area contributed by atoms with Gasteiger partial charge in [0.05, 0.1) is 5.39 Å². The van der Waals surface area contributed by atoms with E-state index in [9.17, 15) is 19.2 Å². The standard InChI is InChI=1S/C22H20BrN5O4/c23-15-7-5-14(6-8-15)22(32)28-11-9-13(10-12-28)19(29)25-27-21(31)18-16-3-1-2-4-17(16)20(30)26-24-18/h1-8,13H,9-12H2,(H,25,29)(H,26,30)(H,27,31). The van der Waals surface area contributed by atoms with Crippen LogP contribution in [0.4, 0.5) is 0 Å². The summed E-state index contributed by atoms with van der Waals surface area (Å²) in [5.74, 6) is -1.36. The molecule has 0 atom stereocenters. The van der Waals surface area contributed by atoms with Crippen LogP contribution in [0.25, 0.3) is 10.8 Å². The Balaban J connectivity index is 1.32. The molecule has 0 saturated carbocycles. The Morgan fingerprint density at radius 1 is 0.969 bits per heavy atom. The quantitative estimate of drug-likeness (QED) is 0.477. The van der Waals surface area contributed by atoms with Gasteiger partial charge >= 0.3 is 0 Å². The molecule has 2 aromatic carbocycles. The molecule has 1 saturated heterocycles. The van der Waals surface area contributed by atoms with Gasteiger partial charge in [0.25, 0.3) is 17.4 Å². The molecule has 9 nitrogen and oxygen atoms in total. The number of aromatic amines is 1. The van der Waals surface area contributed by atoms with Crippen molar-refractivity contribution in [2.75, 3.05) is 13.1 Å². The summed E-state index contributed by atoms with van der Waals surface area (Å²) in [6.07, 6.45) is 0.980.